The third-order valence-corrected chi connectivity index (χ3v) is 2.16. The van der Waals surface area contributed by atoms with E-state index in [0.29, 0.717) is 25.0 Å². The summed E-state index contributed by atoms with van der Waals surface area (Å²) in [5.41, 5.74) is 0. The van der Waals surface area contributed by atoms with Gasteiger partial charge in [-0.25, -0.2) is 4.79 Å². The van der Waals surface area contributed by atoms with Crippen LogP contribution < -0.4 is 0 Å². The number of rotatable bonds is 9. The summed E-state index contributed by atoms with van der Waals surface area (Å²) in [5, 5.41) is 0.628. The summed E-state index contributed by atoms with van der Waals surface area (Å²) in [6.07, 6.45) is 3.97. The van der Waals surface area contributed by atoms with E-state index in [4.69, 9.17) is 9.47 Å². The minimum Gasteiger partial charge on any atom is -0.466 e. The largest absolute Gasteiger partial charge is 0.466 e. The van der Waals surface area contributed by atoms with Crippen LogP contribution in [-0.2, 0) is 19.1 Å². The second-order valence-corrected chi connectivity index (χ2v) is 3.88. The zero-order chi connectivity index (χ0) is 12.2. The molecule has 16 heavy (non-hydrogen) atoms. The van der Waals surface area contributed by atoms with Crippen LogP contribution in [0, 0.1) is 0 Å². The van der Waals surface area contributed by atoms with E-state index in [1.54, 1.807) is 0 Å². The van der Waals surface area contributed by atoms with Crippen LogP contribution in [0.1, 0.15) is 25.7 Å². The molecule has 5 heteroatoms. The lowest BCUT2D eigenvalue weighted by atomic mass is 10.2. The Kier molecular flexibility index (Phi) is 10.1. The van der Waals surface area contributed by atoms with Crippen molar-refractivity contribution in [3.63, 3.8) is 0 Å². The summed E-state index contributed by atoms with van der Waals surface area (Å²) < 4.78 is 9.72. The zero-order valence-electron chi connectivity index (χ0n) is 9.25. The number of alkyl halides is 1. The molecule has 0 N–H and O–H groups in total. The Morgan fingerprint density at radius 1 is 1.12 bits per heavy atom. The minimum atomic E-state index is -0.399. The van der Waals surface area contributed by atoms with Crippen molar-refractivity contribution < 1.29 is 19.1 Å². The molecular formula is C11H17BrO4. The lowest BCUT2D eigenvalue weighted by Crippen LogP contribution is -2.06. The standard InChI is InChI=1S/C11H17BrO4/c1-2-10(13)15-8-4-3-5-9-16-11(14)6-7-12/h2H,1,3-9H2. The van der Waals surface area contributed by atoms with Gasteiger partial charge < -0.3 is 9.47 Å². The molecule has 0 saturated heterocycles. The Labute approximate surface area is 104 Å². The molecule has 0 saturated carbocycles. The Bertz CT molecular complexity index is 228. The number of carbonyl (C=O) groups is 2. The molecule has 0 atom stereocenters. The van der Waals surface area contributed by atoms with Crippen LogP contribution in [0.4, 0.5) is 0 Å². The summed E-state index contributed by atoms with van der Waals surface area (Å²) in [5.74, 6) is -0.585. The van der Waals surface area contributed by atoms with Crippen LogP contribution in [0.3, 0.4) is 0 Å². The van der Waals surface area contributed by atoms with Crippen LogP contribution in [-0.4, -0.2) is 30.5 Å². The maximum Gasteiger partial charge on any atom is 0.330 e. The van der Waals surface area contributed by atoms with E-state index < -0.39 is 5.97 Å². The molecule has 0 aromatic heterocycles. The molecule has 0 unspecified atom stereocenters. The molecule has 0 fully saturated rings. The quantitative estimate of drug-likeness (QED) is 0.283. The van der Waals surface area contributed by atoms with Crippen molar-refractivity contribution >= 4 is 27.9 Å². The normalized spacial score (nSPS) is 9.56. The monoisotopic (exact) mass is 292 g/mol. The van der Waals surface area contributed by atoms with Gasteiger partial charge in [-0.1, -0.05) is 22.5 Å². The third-order valence-electron chi connectivity index (χ3n) is 1.76. The lowest BCUT2D eigenvalue weighted by molar-refractivity contribution is -0.143. The molecular weight excluding hydrogens is 276 g/mol. The van der Waals surface area contributed by atoms with Gasteiger partial charge in [-0.05, 0) is 19.3 Å². The fourth-order valence-corrected chi connectivity index (χ4v) is 1.27. The smallest absolute Gasteiger partial charge is 0.330 e. The van der Waals surface area contributed by atoms with Gasteiger partial charge in [-0.2, -0.15) is 0 Å². The number of halogens is 1. The van der Waals surface area contributed by atoms with Crippen LogP contribution in [0.2, 0.25) is 0 Å². The first-order chi connectivity index (χ1) is 7.70. The number of carbonyl (C=O) groups excluding carboxylic acids is 2. The van der Waals surface area contributed by atoms with Gasteiger partial charge >= 0.3 is 11.9 Å². The molecule has 0 aromatic rings. The molecule has 0 bridgehead atoms. The summed E-state index contributed by atoms with van der Waals surface area (Å²) in [6.45, 7) is 4.11. The summed E-state index contributed by atoms with van der Waals surface area (Å²) in [7, 11) is 0. The predicted octanol–water partition coefficient (Wildman–Crippen LogP) is 2.21. The fourth-order valence-electron chi connectivity index (χ4n) is 0.948. The van der Waals surface area contributed by atoms with Gasteiger partial charge in [0.05, 0.1) is 19.6 Å². The van der Waals surface area contributed by atoms with Crippen molar-refractivity contribution in [2.45, 2.75) is 25.7 Å². The van der Waals surface area contributed by atoms with Crippen LogP contribution >= 0.6 is 15.9 Å². The third kappa shape index (κ3) is 9.71. The van der Waals surface area contributed by atoms with Gasteiger partial charge in [0, 0.05) is 11.4 Å². The average molecular weight is 293 g/mol. The Morgan fingerprint density at radius 2 is 1.75 bits per heavy atom. The Balaban J connectivity index is 3.18. The summed E-state index contributed by atoms with van der Waals surface area (Å²) in [4.78, 5) is 21.6. The van der Waals surface area contributed by atoms with Gasteiger partial charge in [-0.3, -0.25) is 4.79 Å². The highest BCUT2D eigenvalue weighted by atomic mass is 79.9. The van der Waals surface area contributed by atoms with E-state index in [1.165, 1.54) is 0 Å². The number of unbranched alkanes of at least 4 members (excludes halogenated alkanes) is 2. The SMILES string of the molecule is C=CC(=O)OCCCCCOC(=O)CCBr. The van der Waals surface area contributed by atoms with E-state index in [9.17, 15) is 9.59 Å². The zero-order valence-corrected chi connectivity index (χ0v) is 10.8. The first-order valence-electron chi connectivity index (χ1n) is 5.21. The number of hydrogen-bond donors (Lipinski definition) is 0. The maximum absolute atomic E-state index is 10.9. The van der Waals surface area contributed by atoms with Crippen molar-refractivity contribution in [2.75, 3.05) is 18.5 Å². The van der Waals surface area contributed by atoms with Crippen LogP contribution in [0.5, 0.6) is 0 Å². The molecule has 0 aromatic carbocycles. The highest BCUT2D eigenvalue weighted by Gasteiger charge is 2.00. The van der Waals surface area contributed by atoms with E-state index in [2.05, 4.69) is 22.5 Å². The van der Waals surface area contributed by atoms with E-state index in [0.717, 1.165) is 25.3 Å². The van der Waals surface area contributed by atoms with Crippen molar-refractivity contribution in [3.8, 4) is 0 Å². The molecule has 0 rings (SSSR count). The second-order valence-electron chi connectivity index (χ2n) is 3.09. The van der Waals surface area contributed by atoms with Crippen molar-refractivity contribution in [1.29, 1.82) is 0 Å². The lowest BCUT2D eigenvalue weighted by Gasteiger charge is -2.04. The molecule has 4 nitrogen and oxygen atoms in total. The maximum atomic E-state index is 10.9. The minimum absolute atomic E-state index is 0.185. The fraction of sp³-hybridized carbons (Fsp3) is 0.636. The van der Waals surface area contributed by atoms with Crippen LogP contribution in [0.25, 0.3) is 0 Å². The molecule has 92 valence electrons. The van der Waals surface area contributed by atoms with Gasteiger partial charge in [0.25, 0.3) is 0 Å². The summed E-state index contributed by atoms with van der Waals surface area (Å²) in [6, 6.07) is 0. The topological polar surface area (TPSA) is 52.6 Å². The second kappa shape index (κ2) is 10.7. The summed E-state index contributed by atoms with van der Waals surface area (Å²) >= 11 is 3.16. The number of ether oxygens (including phenoxy) is 2. The molecule has 0 heterocycles. The molecule has 0 radical (unpaired) electrons. The molecule has 0 aliphatic rings. The van der Waals surface area contributed by atoms with Crippen LogP contribution in [0.15, 0.2) is 12.7 Å². The first-order valence-corrected chi connectivity index (χ1v) is 6.33. The number of esters is 2. The van der Waals surface area contributed by atoms with Gasteiger partial charge in [0.15, 0.2) is 0 Å². The van der Waals surface area contributed by atoms with E-state index >= 15 is 0 Å². The highest BCUT2D eigenvalue weighted by molar-refractivity contribution is 9.09. The molecule has 0 aliphatic carbocycles. The van der Waals surface area contributed by atoms with Gasteiger partial charge in [-0.15, -0.1) is 0 Å². The predicted molar refractivity (Wildman–Crippen MR) is 64.4 cm³/mol. The average Bonchev–Trinajstić information content (AvgIpc) is 2.27. The first kappa shape index (κ1) is 15.2. The molecule has 0 aliphatic heterocycles. The van der Waals surface area contributed by atoms with Crippen molar-refractivity contribution in [3.05, 3.63) is 12.7 Å². The van der Waals surface area contributed by atoms with Crippen molar-refractivity contribution in [1.82, 2.24) is 0 Å². The Morgan fingerprint density at radius 3 is 2.31 bits per heavy atom. The van der Waals surface area contributed by atoms with Crippen molar-refractivity contribution in [2.24, 2.45) is 0 Å². The Hall–Kier alpha value is -0.840. The molecule has 0 spiro atoms. The number of hydrogen-bond acceptors (Lipinski definition) is 4. The highest BCUT2D eigenvalue weighted by Crippen LogP contribution is 1.99. The van der Waals surface area contributed by atoms with Gasteiger partial charge in [0.2, 0.25) is 0 Å². The van der Waals surface area contributed by atoms with E-state index in [-0.39, 0.29) is 5.97 Å². The van der Waals surface area contributed by atoms with E-state index in [1.807, 2.05) is 0 Å². The van der Waals surface area contributed by atoms with Gasteiger partial charge in [0.1, 0.15) is 0 Å². The molecule has 0 amide bonds.